The number of phenolic OH excluding ortho intramolecular Hbond substituents is 1. The van der Waals surface area contributed by atoms with Crippen LogP contribution in [0.5, 0.6) is 5.75 Å². The quantitative estimate of drug-likeness (QED) is 0.231. The van der Waals surface area contributed by atoms with Gasteiger partial charge < -0.3 is 14.6 Å². The van der Waals surface area contributed by atoms with E-state index in [-0.39, 0.29) is 18.1 Å². The Bertz CT molecular complexity index is 1480. The van der Waals surface area contributed by atoms with Gasteiger partial charge in [-0.3, -0.25) is 10.1 Å². The summed E-state index contributed by atoms with van der Waals surface area (Å²) >= 11 is 0. The van der Waals surface area contributed by atoms with E-state index in [1.54, 1.807) is 30.3 Å². The Hall–Kier alpha value is -4.13. The van der Waals surface area contributed by atoms with Crippen LogP contribution in [0.3, 0.4) is 0 Å². The first-order chi connectivity index (χ1) is 17.3. The van der Waals surface area contributed by atoms with Crippen molar-refractivity contribution >= 4 is 39.4 Å². The number of ether oxygens (including phenoxy) is 2. The standard InChI is InChI=1S/C30H32N2O5/c1-29(2,3)36-26(34)16-18-7-13-22-23-14-10-20(31-28(35)37-30(4,5)6)17-25(23)32-27(24(22)15-18)19-8-11-21(33)12-9-19/h7-15,17,33H,16H2,1-6H3,(H,31,35). The minimum atomic E-state index is -0.613. The number of fused-ring (bicyclic) bond motifs is 3. The summed E-state index contributed by atoms with van der Waals surface area (Å²) in [5.41, 5.74) is 2.39. The zero-order valence-corrected chi connectivity index (χ0v) is 22.0. The molecule has 1 aromatic heterocycles. The number of esters is 1. The molecule has 0 spiro atoms. The minimum Gasteiger partial charge on any atom is -0.508 e. The molecule has 0 saturated heterocycles. The van der Waals surface area contributed by atoms with E-state index in [1.807, 2.05) is 71.9 Å². The van der Waals surface area contributed by atoms with Crippen LogP contribution in [0.15, 0.2) is 60.7 Å². The third-order valence-corrected chi connectivity index (χ3v) is 5.41. The number of anilines is 1. The molecule has 4 aromatic rings. The Balaban J connectivity index is 1.81. The van der Waals surface area contributed by atoms with Crippen LogP contribution in [0.4, 0.5) is 10.5 Å². The zero-order valence-electron chi connectivity index (χ0n) is 22.0. The third kappa shape index (κ3) is 6.55. The fraction of sp³-hybridized carbons (Fsp3) is 0.300. The number of pyridine rings is 1. The number of carbonyl (C=O) groups is 2. The zero-order chi connectivity index (χ0) is 27.0. The van der Waals surface area contributed by atoms with Crippen LogP contribution in [0.2, 0.25) is 0 Å². The van der Waals surface area contributed by atoms with Crippen molar-refractivity contribution in [3.63, 3.8) is 0 Å². The van der Waals surface area contributed by atoms with Crippen LogP contribution < -0.4 is 5.32 Å². The number of nitrogens with zero attached hydrogens (tertiary/aromatic N) is 1. The molecule has 0 bridgehead atoms. The highest BCUT2D eigenvalue weighted by Crippen LogP contribution is 2.35. The lowest BCUT2D eigenvalue weighted by atomic mass is 9.97. The number of carbonyl (C=O) groups excluding carboxylic acids is 2. The molecule has 4 rings (SSSR count). The van der Waals surface area contributed by atoms with Crippen molar-refractivity contribution in [2.45, 2.75) is 59.2 Å². The molecule has 192 valence electrons. The van der Waals surface area contributed by atoms with Gasteiger partial charge >= 0.3 is 12.1 Å². The average Bonchev–Trinajstić information content (AvgIpc) is 2.76. The molecule has 0 atom stereocenters. The van der Waals surface area contributed by atoms with Crippen LogP contribution in [-0.2, 0) is 20.7 Å². The Kier molecular flexibility index (Phi) is 6.82. The molecule has 7 heteroatoms. The molecule has 0 aliphatic heterocycles. The van der Waals surface area contributed by atoms with Crippen molar-refractivity contribution in [1.29, 1.82) is 0 Å². The number of aromatic hydroxyl groups is 1. The molecule has 0 fully saturated rings. The monoisotopic (exact) mass is 500 g/mol. The van der Waals surface area contributed by atoms with E-state index >= 15 is 0 Å². The van der Waals surface area contributed by atoms with Gasteiger partial charge in [0.05, 0.1) is 17.6 Å². The van der Waals surface area contributed by atoms with Gasteiger partial charge in [0.1, 0.15) is 17.0 Å². The Morgan fingerprint density at radius 1 is 0.811 bits per heavy atom. The molecule has 1 heterocycles. The molecule has 0 aliphatic carbocycles. The van der Waals surface area contributed by atoms with Gasteiger partial charge in [0.25, 0.3) is 0 Å². The second-order valence-corrected chi connectivity index (χ2v) is 11.0. The lowest BCUT2D eigenvalue weighted by molar-refractivity contribution is -0.153. The van der Waals surface area contributed by atoms with Gasteiger partial charge in [-0.2, -0.15) is 0 Å². The van der Waals surface area contributed by atoms with E-state index in [0.717, 1.165) is 27.3 Å². The predicted molar refractivity (Wildman–Crippen MR) is 146 cm³/mol. The summed E-state index contributed by atoms with van der Waals surface area (Å²) in [5.74, 6) is -0.145. The van der Waals surface area contributed by atoms with E-state index in [4.69, 9.17) is 14.5 Å². The molecule has 0 aliphatic rings. The first kappa shape index (κ1) is 25.9. The molecule has 0 radical (unpaired) electrons. The van der Waals surface area contributed by atoms with E-state index < -0.39 is 17.3 Å². The van der Waals surface area contributed by atoms with Gasteiger partial charge in [0, 0.05) is 22.0 Å². The fourth-order valence-electron chi connectivity index (χ4n) is 4.05. The molecule has 37 heavy (non-hydrogen) atoms. The first-order valence-corrected chi connectivity index (χ1v) is 12.2. The molecule has 0 saturated carbocycles. The highest BCUT2D eigenvalue weighted by atomic mass is 16.6. The smallest absolute Gasteiger partial charge is 0.412 e. The number of aromatic nitrogens is 1. The van der Waals surface area contributed by atoms with Crippen molar-refractivity contribution in [3.8, 4) is 17.0 Å². The molecule has 2 N–H and O–H groups in total. The number of nitrogens with one attached hydrogen (secondary N) is 1. The normalized spacial score (nSPS) is 11.9. The van der Waals surface area contributed by atoms with Crippen LogP contribution in [0.25, 0.3) is 32.9 Å². The van der Waals surface area contributed by atoms with Crippen LogP contribution in [0.1, 0.15) is 47.1 Å². The molecule has 1 amide bonds. The molecule has 0 unspecified atom stereocenters. The number of benzene rings is 3. The van der Waals surface area contributed by atoms with E-state index in [9.17, 15) is 14.7 Å². The van der Waals surface area contributed by atoms with Gasteiger partial charge in [0.15, 0.2) is 0 Å². The molecule has 3 aromatic carbocycles. The summed E-state index contributed by atoms with van der Waals surface area (Å²) in [4.78, 5) is 29.7. The van der Waals surface area contributed by atoms with Gasteiger partial charge in [0.2, 0.25) is 0 Å². The summed E-state index contributed by atoms with van der Waals surface area (Å²) in [7, 11) is 0. The van der Waals surface area contributed by atoms with Crippen molar-refractivity contribution < 1.29 is 24.2 Å². The first-order valence-electron chi connectivity index (χ1n) is 12.2. The minimum absolute atomic E-state index is 0.138. The Labute approximate surface area is 216 Å². The fourth-order valence-corrected chi connectivity index (χ4v) is 4.05. The van der Waals surface area contributed by atoms with E-state index in [1.165, 1.54) is 0 Å². The van der Waals surface area contributed by atoms with Gasteiger partial charge in [-0.25, -0.2) is 9.78 Å². The van der Waals surface area contributed by atoms with Crippen molar-refractivity contribution in [2.75, 3.05) is 5.32 Å². The second kappa shape index (κ2) is 9.73. The van der Waals surface area contributed by atoms with E-state index in [2.05, 4.69) is 5.32 Å². The number of phenols is 1. The van der Waals surface area contributed by atoms with Gasteiger partial charge in [-0.1, -0.05) is 18.2 Å². The number of hydrogen-bond acceptors (Lipinski definition) is 6. The SMILES string of the molecule is CC(C)(C)OC(=O)Cc1ccc2c(c1)c(-c1ccc(O)cc1)nc1cc(NC(=O)OC(C)(C)C)ccc12. The van der Waals surface area contributed by atoms with Gasteiger partial charge in [-0.05, 0) is 95.0 Å². The number of amides is 1. The summed E-state index contributed by atoms with van der Waals surface area (Å²) in [5, 5.41) is 15.3. The average molecular weight is 501 g/mol. The third-order valence-electron chi connectivity index (χ3n) is 5.41. The largest absolute Gasteiger partial charge is 0.508 e. The summed E-state index contributed by atoms with van der Waals surface area (Å²) in [6.07, 6.45) is -0.405. The maximum absolute atomic E-state index is 12.5. The van der Waals surface area contributed by atoms with Gasteiger partial charge in [-0.15, -0.1) is 0 Å². The van der Waals surface area contributed by atoms with Crippen LogP contribution >= 0.6 is 0 Å². The Morgan fingerprint density at radius 2 is 1.46 bits per heavy atom. The van der Waals surface area contributed by atoms with E-state index in [0.29, 0.717) is 16.9 Å². The highest BCUT2D eigenvalue weighted by Gasteiger charge is 2.19. The maximum atomic E-state index is 12.5. The summed E-state index contributed by atoms with van der Waals surface area (Å²) < 4.78 is 10.9. The Morgan fingerprint density at radius 3 is 2.11 bits per heavy atom. The topological polar surface area (TPSA) is 97.8 Å². The van der Waals surface area contributed by atoms with Crippen LogP contribution in [0, 0.1) is 0 Å². The molecule has 7 nitrogen and oxygen atoms in total. The lowest BCUT2D eigenvalue weighted by Crippen LogP contribution is -2.27. The van der Waals surface area contributed by atoms with Crippen molar-refractivity contribution in [1.82, 2.24) is 4.98 Å². The number of hydrogen-bond donors (Lipinski definition) is 2. The van der Waals surface area contributed by atoms with Crippen molar-refractivity contribution in [2.24, 2.45) is 0 Å². The number of rotatable bonds is 4. The predicted octanol–water partition coefficient (Wildman–Crippen LogP) is 6.99. The maximum Gasteiger partial charge on any atom is 0.412 e. The summed E-state index contributed by atoms with van der Waals surface area (Å²) in [6, 6.07) is 18.2. The highest BCUT2D eigenvalue weighted by molar-refractivity contribution is 6.12. The molecular weight excluding hydrogens is 468 g/mol. The second-order valence-electron chi connectivity index (χ2n) is 11.0. The van der Waals surface area contributed by atoms with Crippen molar-refractivity contribution in [3.05, 3.63) is 66.2 Å². The molecular formula is C30H32N2O5. The summed E-state index contributed by atoms with van der Waals surface area (Å²) in [6.45, 7) is 11.0. The lowest BCUT2D eigenvalue weighted by Gasteiger charge is -2.20. The van der Waals surface area contributed by atoms with Crippen LogP contribution in [-0.4, -0.2) is 33.4 Å².